The molecule has 3 nitrogen and oxygen atoms in total. The normalized spacial score (nSPS) is 12.4. The van der Waals surface area contributed by atoms with E-state index in [1.54, 1.807) is 0 Å². The summed E-state index contributed by atoms with van der Waals surface area (Å²) in [7, 11) is 0. The fourth-order valence-electron chi connectivity index (χ4n) is 1.19. The topological polar surface area (TPSA) is 49.7 Å². The minimum absolute atomic E-state index is 0.443. The summed E-state index contributed by atoms with van der Waals surface area (Å²) in [6.07, 6.45) is 1.08. The SMILES string of the molecule is O=NC(O)CCCc1ccccc1. The van der Waals surface area contributed by atoms with Gasteiger partial charge in [0.15, 0.2) is 6.23 Å². The molecule has 3 heteroatoms. The van der Waals surface area contributed by atoms with Crippen LogP contribution < -0.4 is 0 Å². The van der Waals surface area contributed by atoms with Crippen LogP contribution in [0.3, 0.4) is 0 Å². The van der Waals surface area contributed by atoms with E-state index in [4.69, 9.17) is 5.11 Å². The number of hydrogen-bond donors (Lipinski definition) is 1. The summed E-state index contributed by atoms with van der Waals surface area (Å²) in [5.41, 5.74) is 1.22. The van der Waals surface area contributed by atoms with Crippen molar-refractivity contribution in [3.05, 3.63) is 40.8 Å². The molecule has 0 saturated heterocycles. The van der Waals surface area contributed by atoms with Gasteiger partial charge in [-0.3, -0.25) is 0 Å². The molecule has 1 N–H and O–H groups in total. The standard InChI is InChI=1S/C10H13NO2/c12-10(11-13)8-4-7-9-5-2-1-3-6-9/h1-3,5-6,10,12H,4,7-8H2. The number of rotatable bonds is 5. The summed E-state index contributed by atoms with van der Waals surface area (Å²) < 4.78 is 0. The van der Waals surface area contributed by atoms with E-state index >= 15 is 0 Å². The zero-order valence-corrected chi connectivity index (χ0v) is 7.39. The predicted molar refractivity (Wildman–Crippen MR) is 51.2 cm³/mol. The highest BCUT2D eigenvalue weighted by Crippen LogP contribution is 2.06. The van der Waals surface area contributed by atoms with E-state index in [9.17, 15) is 4.91 Å². The van der Waals surface area contributed by atoms with Crippen LogP contribution >= 0.6 is 0 Å². The van der Waals surface area contributed by atoms with E-state index in [0.29, 0.717) is 6.42 Å². The number of aryl methyl sites for hydroxylation is 1. The number of benzene rings is 1. The molecule has 0 heterocycles. The van der Waals surface area contributed by atoms with E-state index in [0.717, 1.165) is 12.8 Å². The lowest BCUT2D eigenvalue weighted by Gasteiger charge is -2.01. The van der Waals surface area contributed by atoms with Crippen LogP contribution in [0.5, 0.6) is 0 Å². The highest BCUT2D eigenvalue weighted by atomic mass is 16.3. The molecule has 1 aromatic rings. The maximum Gasteiger partial charge on any atom is 0.186 e. The van der Waals surface area contributed by atoms with Crippen molar-refractivity contribution in [2.75, 3.05) is 0 Å². The third-order valence-corrected chi connectivity index (χ3v) is 1.89. The van der Waals surface area contributed by atoms with Crippen molar-refractivity contribution in [2.24, 2.45) is 5.18 Å². The number of hydrogen-bond acceptors (Lipinski definition) is 3. The molecule has 0 amide bonds. The first-order valence-electron chi connectivity index (χ1n) is 4.37. The van der Waals surface area contributed by atoms with Gasteiger partial charge in [-0.25, -0.2) is 0 Å². The Morgan fingerprint density at radius 2 is 2.00 bits per heavy atom. The number of aliphatic hydroxyl groups excluding tert-OH is 1. The van der Waals surface area contributed by atoms with Gasteiger partial charge in [0.05, 0.1) is 0 Å². The fraction of sp³-hybridized carbons (Fsp3) is 0.400. The van der Waals surface area contributed by atoms with E-state index < -0.39 is 6.23 Å². The van der Waals surface area contributed by atoms with E-state index in [2.05, 4.69) is 5.18 Å². The lowest BCUT2D eigenvalue weighted by molar-refractivity contribution is 0.170. The quantitative estimate of drug-likeness (QED) is 0.703. The van der Waals surface area contributed by atoms with Crippen LogP contribution in [0, 0.1) is 4.91 Å². The Morgan fingerprint density at radius 3 is 2.62 bits per heavy atom. The molecule has 70 valence electrons. The van der Waals surface area contributed by atoms with Gasteiger partial charge in [0.1, 0.15) is 0 Å². The molecular formula is C10H13NO2. The molecule has 0 bridgehead atoms. The number of nitrogens with zero attached hydrogens (tertiary/aromatic N) is 1. The molecule has 0 spiro atoms. The van der Waals surface area contributed by atoms with Crippen LogP contribution in [0.25, 0.3) is 0 Å². The van der Waals surface area contributed by atoms with E-state index in [-0.39, 0.29) is 0 Å². The predicted octanol–water partition coefficient (Wildman–Crippen LogP) is 2.09. The van der Waals surface area contributed by atoms with E-state index in [1.807, 2.05) is 30.3 Å². The summed E-state index contributed by atoms with van der Waals surface area (Å²) in [5, 5.41) is 11.4. The molecule has 1 unspecified atom stereocenters. The summed E-state index contributed by atoms with van der Waals surface area (Å²) >= 11 is 0. The minimum atomic E-state index is -1.04. The van der Waals surface area contributed by atoms with Crippen LogP contribution in [-0.2, 0) is 6.42 Å². The molecule has 13 heavy (non-hydrogen) atoms. The largest absolute Gasteiger partial charge is 0.369 e. The highest BCUT2D eigenvalue weighted by molar-refractivity contribution is 5.14. The average molecular weight is 179 g/mol. The Labute approximate surface area is 77.4 Å². The Hall–Kier alpha value is -1.22. The van der Waals surface area contributed by atoms with Crippen molar-refractivity contribution in [1.82, 2.24) is 0 Å². The van der Waals surface area contributed by atoms with Crippen molar-refractivity contribution in [3.63, 3.8) is 0 Å². The van der Waals surface area contributed by atoms with Gasteiger partial charge in [-0.05, 0) is 30.0 Å². The summed E-state index contributed by atoms with van der Waals surface area (Å²) in [6.45, 7) is 0. The second kappa shape index (κ2) is 5.43. The lowest BCUT2D eigenvalue weighted by atomic mass is 10.1. The third-order valence-electron chi connectivity index (χ3n) is 1.89. The molecule has 1 aromatic carbocycles. The summed E-state index contributed by atoms with van der Waals surface area (Å²) in [6, 6.07) is 9.97. The zero-order chi connectivity index (χ0) is 9.52. The first-order valence-corrected chi connectivity index (χ1v) is 4.37. The second-order valence-corrected chi connectivity index (χ2v) is 2.96. The monoisotopic (exact) mass is 179 g/mol. The number of nitroso groups, excluding NO2 is 1. The molecule has 0 aliphatic heterocycles. The van der Waals surface area contributed by atoms with Gasteiger partial charge in [-0.15, -0.1) is 4.91 Å². The zero-order valence-electron chi connectivity index (χ0n) is 7.39. The Bertz CT molecular complexity index is 248. The highest BCUT2D eigenvalue weighted by Gasteiger charge is 2.01. The molecule has 0 aliphatic carbocycles. The van der Waals surface area contributed by atoms with Gasteiger partial charge >= 0.3 is 0 Å². The van der Waals surface area contributed by atoms with Gasteiger partial charge < -0.3 is 5.11 Å². The molecular weight excluding hydrogens is 166 g/mol. The van der Waals surface area contributed by atoms with Crippen LogP contribution in [0.4, 0.5) is 0 Å². The number of aliphatic hydroxyl groups is 1. The van der Waals surface area contributed by atoms with Crippen LogP contribution in [0.15, 0.2) is 35.5 Å². The van der Waals surface area contributed by atoms with Crippen molar-refractivity contribution >= 4 is 0 Å². The van der Waals surface area contributed by atoms with Gasteiger partial charge in [0.25, 0.3) is 0 Å². The molecule has 0 aromatic heterocycles. The van der Waals surface area contributed by atoms with Crippen LogP contribution in [0.1, 0.15) is 18.4 Å². The Morgan fingerprint density at radius 1 is 1.31 bits per heavy atom. The minimum Gasteiger partial charge on any atom is -0.369 e. The molecule has 1 atom stereocenters. The molecule has 0 radical (unpaired) electrons. The molecule has 1 rings (SSSR count). The second-order valence-electron chi connectivity index (χ2n) is 2.96. The van der Waals surface area contributed by atoms with Gasteiger partial charge in [0, 0.05) is 0 Å². The molecule has 0 saturated carbocycles. The van der Waals surface area contributed by atoms with E-state index in [1.165, 1.54) is 5.56 Å². The maximum absolute atomic E-state index is 9.85. The van der Waals surface area contributed by atoms with Crippen molar-refractivity contribution in [3.8, 4) is 0 Å². The Balaban J connectivity index is 2.24. The lowest BCUT2D eigenvalue weighted by Crippen LogP contribution is -2.01. The van der Waals surface area contributed by atoms with Gasteiger partial charge in [-0.2, -0.15) is 0 Å². The fourth-order valence-corrected chi connectivity index (χ4v) is 1.19. The maximum atomic E-state index is 9.85. The summed E-state index contributed by atoms with van der Waals surface area (Å²) in [4.78, 5) is 9.85. The van der Waals surface area contributed by atoms with Crippen molar-refractivity contribution < 1.29 is 5.11 Å². The molecule has 0 aliphatic rings. The average Bonchev–Trinajstić information content (AvgIpc) is 2.19. The van der Waals surface area contributed by atoms with Crippen molar-refractivity contribution in [1.29, 1.82) is 0 Å². The Kier molecular flexibility index (Phi) is 4.12. The summed E-state index contributed by atoms with van der Waals surface area (Å²) in [5.74, 6) is 0. The molecule has 0 fully saturated rings. The third kappa shape index (κ3) is 3.80. The van der Waals surface area contributed by atoms with Crippen molar-refractivity contribution in [2.45, 2.75) is 25.5 Å². The first-order chi connectivity index (χ1) is 6.33. The smallest absolute Gasteiger partial charge is 0.186 e. The first kappa shape index (κ1) is 9.86. The van der Waals surface area contributed by atoms with Crippen LogP contribution in [-0.4, -0.2) is 11.3 Å². The van der Waals surface area contributed by atoms with Gasteiger partial charge in [0.2, 0.25) is 0 Å². The van der Waals surface area contributed by atoms with Gasteiger partial charge in [-0.1, -0.05) is 30.3 Å². The van der Waals surface area contributed by atoms with Crippen LogP contribution in [0.2, 0.25) is 0 Å².